The van der Waals surface area contributed by atoms with Crippen molar-refractivity contribution in [3.05, 3.63) is 48.5 Å². The van der Waals surface area contributed by atoms with Gasteiger partial charge in [0.05, 0.1) is 6.33 Å². The van der Waals surface area contributed by atoms with Crippen LogP contribution in [0.3, 0.4) is 0 Å². The Hall–Kier alpha value is -1.81. The summed E-state index contributed by atoms with van der Waals surface area (Å²) in [5.41, 5.74) is 0.990. The molecule has 20 heavy (non-hydrogen) atoms. The Morgan fingerprint density at radius 3 is 2.85 bits per heavy atom. The number of unbranched alkanes of at least 4 members (excludes halogenated alkanes) is 1. The first-order valence-electron chi connectivity index (χ1n) is 7.28. The van der Waals surface area contributed by atoms with E-state index in [1.807, 2.05) is 36.9 Å². The van der Waals surface area contributed by atoms with Gasteiger partial charge in [0.15, 0.2) is 0 Å². The van der Waals surface area contributed by atoms with Gasteiger partial charge in [-0.15, -0.1) is 0 Å². The van der Waals surface area contributed by atoms with Crippen molar-refractivity contribution in [2.24, 2.45) is 0 Å². The number of nitrogens with zero attached hydrogens (tertiary/aromatic N) is 2. The first-order chi connectivity index (χ1) is 9.81. The number of aryl methyl sites for hydroxylation is 1. The number of hydrogen-bond acceptors (Lipinski definition) is 3. The van der Waals surface area contributed by atoms with Gasteiger partial charge < -0.3 is 15.0 Å². The number of rotatable bonds is 8. The molecule has 4 nitrogen and oxygen atoms in total. The van der Waals surface area contributed by atoms with Gasteiger partial charge in [-0.25, -0.2) is 4.98 Å². The summed E-state index contributed by atoms with van der Waals surface area (Å²) in [5, 5.41) is 13.4. The molecule has 0 saturated heterocycles. The van der Waals surface area contributed by atoms with E-state index >= 15 is 0 Å². The molecule has 0 amide bonds. The Morgan fingerprint density at radius 1 is 1.30 bits per heavy atom. The molecule has 0 aliphatic rings. The van der Waals surface area contributed by atoms with E-state index < -0.39 is 0 Å². The summed E-state index contributed by atoms with van der Waals surface area (Å²) in [4.78, 5) is 4.03. The standard InChI is InChI=1S/C16H23N3O/c1-2-15(14-7-3-4-8-16(14)20)18-9-5-6-11-19-12-10-17-13-19/h3-4,7-8,10,12-13,15,18,20H,2,5-6,9,11H2,1H3. The molecule has 2 N–H and O–H groups in total. The minimum atomic E-state index is 0.226. The highest BCUT2D eigenvalue weighted by atomic mass is 16.3. The summed E-state index contributed by atoms with van der Waals surface area (Å²) in [5.74, 6) is 0.380. The molecule has 108 valence electrons. The van der Waals surface area contributed by atoms with Crippen LogP contribution in [0, 0.1) is 0 Å². The van der Waals surface area contributed by atoms with Crippen molar-refractivity contribution < 1.29 is 5.11 Å². The highest BCUT2D eigenvalue weighted by Crippen LogP contribution is 2.25. The molecule has 2 rings (SSSR count). The molecule has 0 aliphatic heterocycles. The van der Waals surface area contributed by atoms with Crippen molar-refractivity contribution in [3.63, 3.8) is 0 Å². The van der Waals surface area contributed by atoms with Gasteiger partial charge in [-0.05, 0) is 31.9 Å². The maximum Gasteiger partial charge on any atom is 0.120 e. The fourth-order valence-electron chi connectivity index (χ4n) is 2.37. The van der Waals surface area contributed by atoms with E-state index in [1.54, 1.807) is 6.07 Å². The van der Waals surface area contributed by atoms with Crippen LogP contribution in [-0.4, -0.2) is 21.2 Å². The lowest BCUT2D eigenvalue weighted by atomic mass is 10.0. The van der Waals surface area contributed by atoms with Gasteiger partial charge in [-0.1, -0.05) is 25.1 Å². The van der Waals surface area contributed by atoms with Crippen molar-refractivity contribution in [1.29, 1.82) is 0 Å². The number of aromatic nitrogens is 2. The molecule has 4 heteroatoms. The second kappa shape index (κ2) is 7.70. The molecule has 0 radical (unpaired) electrons. The summed E-state index contributed by atoms with van der Waals surface area (Å²) in [6.45, 7) is 4.10. The monoisotopic (exact) mass is 273 g/mol. The number of nitrogens with one attached hydrogen (secondary N) is 1. The molecule has 1 heterocycles. The second-order valence-electron chi connectivity index (χ2n) is 4.98. The van der Waals surface area contributed by atoms with Gasteiger partial charge in [-0.2, -0.15) is 0 Å². The van der Waals surface area contributed by atoms with Crippen LogP contribution in [0.25, 0.3) is 0 Å². The van der Waals surface area contributed by atoms with E-state index in [9.17, 15) is 5.11 Å². The number of para-hydroxylation sites is 1. The minimum absolute atomic E-state index is 0.226. The van der Waals surface area contributed by atoms with Crippen molar-refractivity contribution in [2.45, 2.75) is 38.8 Å². The van der Waals surface area contributed by atoms with Crippen LogP contribution in [-0.2, 0) is 6.54 Å². The van der Waals surface area contributed by atoms with Crippen molar-refractivity contribution in [2.75, 3.05) is 6.54 Å². The molecule has 2 aromatic rings. The average molecular weight is 273 g/mol. The number of aromatic hydroxyl groups is 1. The molecule has 0 saturated carbocycles. The smallest absolute Gasteiger partial charge is 0.120 e. The zero-order valence-corrected chi connectivity index (χ0v) is 12.0. The summed E-state index contributed by atoms with van der Waals surface area (Å²) in [6.07, 6.45) is 8.86. The molecule has 0 aliphatic carbocycles. The molecule has 0 fully saturated rings. The SMILES string of the molecule is CCC(NCCCCn1ccnc1)c1ccccc1O. The third-order valence-corrected chi connectivity index (χ3v) is 3.51. The van der Waals surface area contributed by atoms with E-state index in [2.05, 4.69) is 21.8 Å². The van der Waals surface area contributed by atoms with E-state index in [4.69, 9.17) is 0 Å². The Bertz CT molecular complexity index is 496. The largest absolute Gasteiger partial charge is 0.508 e. The van der Waals surface area contributed by atoms with E-state index in [0.717, 1.165) is 37.9 Å². The van der Waals surface area contributed by atoms with Gasteiger partial charge in [0.1, 0.15) is 5.75 Å². The molecule has 0 spiro atoms. The van der Waals surface area contributed by atoms with Gasteiger partial charge >= 0.3 is 0 Å². The summed E-state index contributed by atoms with van der Waals surface area (Å²) in [7, 11) is 0. The summed E-state index contributed by atoms with van der Waals surface area (Å²) < 4.78 is 2.10. The molecular weight excluding hydrogens is 250 g/mol. The third-order valence-electron chi connectivity index (χ3n) is 3.51. The van der Waals surface area contributed by atoms with Crippen molar-refractivity contribution in [1.82, 2.24) is 14.9 Å². The molecule has 1 aromatic heterocycles. The van der Waals surface area contributed by atoms with Gasteiger partial charge in [-0.3, -0.25) is 0 Å². The lowest BCUT2D eigenvalue weighted by Crippen LogP contribution is -2.22. The number of benzene rings is 1. The Balaban J connectivity index is 1.73. The van der Waals surface area contributed by atoms with Gasteiger partial charge in [0, 0.05) is 30.5 Å². The molecule has 1 atom stereocenters. The minimum Gasteiger partial charge on any atom is -0.508 e. The zero-order chi connectivity index (χ0) is 14.2. The maximum atomic E-state index is 9.89. The maximum absolute atomic E-state index is 9.89. The Kier molecular flexibility index (Phi) is 5.62. The van der Waals surface area contributed by atoms with Crippen molar-refractivity contribution in [3.8, 4) is 5.75 Å². The quantitative estimate of drug-likeness (QED) is 0.727. The normalized spacial score (nSPS) is 12.4. The number of imidazole rings is 1. The third kappa shape index (κ3) is 4.10. The van der Waals surface area contributed by atoms with E-state index in [0.29, 0.717) is 5.75 Å². The first-order valence-corrected chi connectivity index (χ1v) is 7.28. The summed E-state index contributed by atoms with van der Waals surface area (Å²) in [6, 6.07) is 7.79. The van der Waals surface area contributed by atoms with Crippen LogP contribution < -0.4 is 5.32 Å². The highest BCUT2D eigenvalue weighted by molar-refractivity contribution is 5.34. The van der Waals surface area contributed by atoms with E-state index in [1.165, 1.54) is 0 Å². The Morgan fingerprint density at radius 2 is 2.15 bits per heavy atom. The lowest BCUT2D eigenvalue weighted by molar-refractivity contribution is 0.436. The molecule has 1 aromatic carbocycles. The van der Waals surface area contributed by atoms with Crippen LogP contribution in [0.2, 0.25) is 0 Å². The molecular formula is C16H23N3O. The fourth-order valence-corrected chi connectivity index (χ4v) is 2.37. The topological polar surface area (TPSA) is 50.1 Å². The lowest BCUT2D eigenvalue weighted by Gasteiger charge is -2.18. The predicted octanol–water partition coefficient (Wildman–Crippen LogP) is 3.11. The Labute approximate surface area is 120 Å². The number of phenolic OH excluding ortho intramolecular Hbond substituents is 1. The molecule has 0 bridgehead atoms. The number of phenols is 1. The van der Waals surface area contributed by atoms with Crippen molar-refractivity contribution >= 4 is 0 Å². The first kappa shape index (κ1) is 14.6. The summed E-state index contributed by atoms with van der Waals surface area (Å²) >= 11 is 0. The van der Waals surface area contributed by atoms with Crippen LogP contribution in [0.5, 0.6) is 5.75 Å². The second-order valence-corrected chi connectivity index (χ2v) is 4.98. The van der Waals surface area contributed by atoms with Gasteiger partial charge in [0.2, 0.25) is 0 Å². The zero-order valence-electron chi connectivity index (χ0n) is 12.0. The van der Waals surface area contributed by atoms with Gasteiger partial charge in [0.25, 0.3) is 0 Å². The highest BCUT2D eigenvalue weighted by Gasteiger charge is 2.11. The van der Waals surface area contributed by atoms with E-state index in [-0.39, 0.29) is 6.04 Å². The van der Waals surface area contributed by atoms with Crippen LogP contribution in [0.1, 0.15) is 37.8 Å². The average Bonchev–Trinajstić information content (AvgIpc) is 2.97. The van der Waals surface area contributed by atoms with Crippen LogP contribution in [0.4, 0.5) is 0 Å². The number of hydrogen-bond donors (Lipinski definition) is 2. The molecule has 1 unspecified atom stereocenters. The fraction of sp³-hybridized carbons (Fsp3) is 0.438. The van der Waals surface area contributed by atoms with Crippen LogP contribution in [0.15, 0.2) is 43.0 Å². The van der Waals surface area contributed by atoms with Crippen LogP contribution >= 0.6 is 0 Å². The predicted molar refractivity (Wildman–Crippen MR) is 80.6 cm³/mol.